The largest absolute Gasteiger partial charge is 0.333 e. The summed E-state index contributed by atoms with van der Waals surface area (Å²) in [7, 11) is 0. The van der Waals surface area contributed by atoms with Crippen molar-refractivity contribution >= 4 is 6.34 Å². The lowest BCUT2D eigenvalue weighted by atomic mass is 10.6. The molecule has 1 heterocycles. The Bertz CT molecular complexity index is 157. The molecule has 3 heteroatoms. The maximum Gasteiger partial charge on any atom is 0.125 e. The van der Waals surface area contributed by atoms with Gasteiger partial charge in [0.25, 0.3) is 0 Å². The van der Waals surface area contributed by atoms with Crippen LogP contribution < -0.4 is 10.6 Å². The smallest absolute Gasteiger partial charge is 0.125 e. The van der Waals surface area contributed by atoms with Crippen LogP contribution in [0, 0.1) is 0 Å². The molecule has 0 aromatic carbocycles. The first-order valence-corrected chi connectivity index (χ1v) is 2.23. The van der Waals surface area contributed by atoms with Gasteiger partial charge in [-0.3, -0.25) is 0 Å². The molecular weight excluding hydrogens is 102 g/mol. The monoisotopic (exact) mass is 109 g/mol. The molecule has 1 aliphatic heterocycles. The molecule has 0 unspecified atom stereocenters. The Morgan fingerprint density at radius 1 is 1.50 bits per heavy atom. The summed E-state index contributed by atoms with van der Waals surface area (Å²) in [5.41, 5.74) is 0. The van der Waals surface area contributed by atoms with Gasteiger partial charge >= 0.3 is 0 Å². The highest BCUT2D eigenvalue weighted by Crippen LogP contribution is 1.91. The summed E-state index contributed by atoms with van der Waals surface area (Å²) in [6.07, 6.45) is 1.54. The predicted molar refractivity (Wildman–Crippen MR) is 33.0 cm³/mol. The lowest BCUT2D eigenvalue weighted by Crippen LogP contribution is -2.27. The van der Waals surface area contributed by atoms with E-state index in [4.69, 9.17) is 0 Å². The van der Waals surface area contributed by atoms with Crippen molar-refractivity contribution in [2.45, 2.75) is 0 Å². The molecule has 2 N–H and O–H groups in total. The second-order valence-corrected chi connectivity index (χ2v) is 1.45. The molecule has 0 radical (unpaired) electrons. The van der Waals surface area contributed by atoms with Gasteiger partial charge in [0.05, 0.1) is 6.34 Å². The quantitative estimate of drug-likeness (QED) is 0.464. The molecule has 0 saturated heterocycles. The molecule has 0 amide bonds. The number of hydrogen-bond acceptors (Lipinski definition) is 3. The summed E-state index contributed by atoms with van der Waals surface area (Å²) in [5.74, 6) is 1.33. The third kappa shape index (κ3) is 0.872. The molecule has 0 spiro atoms. The Labute approximate surface area is 47.8 Å². The minimum Gasteiger partial charge on any atom is -0.333 e. The molecule has 0 fully saturated rings. The number of hydrogen-bond donors (Lipinski definition) is 2. The summed E-state index contributed by atoms with van der Waals surface area (Å²) in [5, 5.41) is 5.54. The summed E-state index contributed by atoms with van der Waals surface area (Å²) in [4.78, 5) is 3.78. The van der Waals surface area contributed by atoms with Crippen molar-refractivity contribution in [3.63, 3.8) is 0 Å². The zero-order chi connectivity index (χ0) is 5.98. The van der Waals surface area contributed by atoms with Gasteiger partial charge in [0, 0.05) is 0 Å². The van der Waals surface area contributed by atoms with E-state index in [1.807, 2.05) is 0 Å². The van der Waals surface area contributed by atoms with Crippen LogP contribution >= 0.6 is 0 Å². The van der Waals surface area contributed by atoms with E-state index in [0.29, 0.717) is 11.6 Å². The van der Waals surface area contributed by atoms with Gasteiger partial charge in [0.1, 0.15) is 11.6 Å². The molecule has 0 bridgehead atoms. The van der Waals surface area contributed by atoms with Crippen molar-refractivity contribution in [1.29, 1.82) is 0 Å². The number of aliphatic imine (C=N–C) groups is 1. The zero-order valence-electron chi connectivity index (χ0n) is 4.44. The third-order valence-corrected chi connectivity index (χ3v) is 0.754. The average Bonchev–Trinajstić information content (AvgIpc) is 1.64. The second-order valence-electron chi connectivity index (χ2n) is 1.45. The van der Waals surface area contributed by atoms with E-state index < -0.39 is 0 Å². The molecule has 1 rings (SSSR count). The van der Waals surface area contributed by atoms with E-state index in [9.17, 15) is 0 Å². The fourth-order valence-electron chi connectivity index (χ4n) is 0.431. The van der Waals surface area contributed by atoms with E-state index >= 15 is 0 Å². The maximum atomic E-state index is 3.78. The molecule has 0 atom stereocenters. The molecular formula is C5H7N3. The number of nitrogens with one attached hydrogen (secondary N) is 2. The van der Waals surface area contributed by atoms with Gasteiger partial charge in [-0.1, -0.05) is 13.2 Å². The van der Waals surface area contributed by atoms with Crippen molar-refractivity contribution in [2.24, 2.45) is 4.99 Å². The van der Waals surface area contributed by atoms with Crippen LogP contribution in [0.25, 0.3) is 0 Å². The van der Waals surface area contributed by atoms with E-state index in [1.165, 1.54) is 0 Å². The first kappa shape index (κ1) is 4.90. The van der Waals surface area contributed by atoms with Crippen molar-refractivity contribution < 1.29 is 0 Å². The second kappa shape index (κ2) is 1.69. The van der Waals surface area contributed by atoms with Gasteiger partial charge in [-0.05, 0) is 0 Å². The Balaban J connectivity index is 2.68. The molecule has 0 aromatic heterocycles. The van der Waals surface area contributed by atoms with Gasteiger partial charge in [-0.25, -0.2) is 4.99 Å². The minimum atomic E-state index is 0.619. The summed E-state index contributed by atoms with van der Waals surface area (Å²) < 4.78 is 0. The fraction of sp³-hybridized carbons (Fsp3) is 0. The first-order valence-electron chi connectivity index (χ1n) is 2.23. The van der Waals surface area contributed by atoms with E-state index in [2.05, 4.69) is 28.8 Å². The van der Waals surface area contributed by atoms with Crippen LogP contribution in [0.4, 0.5) is 0 Å². The highest BCUT2D eigenvalue weighted by Gasteiger charge is 1.95. The van der Waals surface area contributed by atoms with Crippen LogP contribution in [0.1, 0.15) is 0 Å². The Hall–Kier alpha value is -1.25. The minimum absolute atomic E-state index is 0.619. The summed E-state index contributed by atoms with van der Waals surface area (Å²) >= 11 is 0. The highest BCUT2D eigenvalue weighted by atomic mass is 15.2. The summed E-state index contributed by atoms with van der Waals surface area (Å²) in [6, 6.07) is 0. The molecule has 0 aromatic rings. The first-order chi connectivity index (χ1) is 3.79. The SMILES string of the molecule is C=C1N=CNC(=C)N1. The molecule has 0 saturated carbocycles. The van der Waals surface area contributed by atoms with Crippen molar-refractivity contribution in [1.82, 2.24) is 10.6 Å². The van der Waals surface area contributed by atoms with Gasteiger partial charge in [0.2, 0.25) is 0 Å². The molecule has 42 valence electrons. The van der Waals surface area contributed by atoms with Gasteiger partial charge < -0.3 is 10.6 Å². The Morgan fingerprint density at radius 2 is 2.25 bits per heavy atom. The normalized spacial score (nSPS) is 17.5. The lowest BCUT2D eigenvalue weighted by Gasteiger charge is -2.11. The van der Waals surface area contributed by atoms with Gasteiger partial charge in [-0.2, -0.15) is 0 Å². The van der Waals surface area contributed by atoms with Crippen LogP contribution in [-0.4, -0.2) is 6.34 Å². The molecule has 1 aliphatic rings. The maximum absolute atomic E-state index is 3.78. The average molecular weight is 109 g/mol. The van der Waals surface area contributed by atoms with Crippen molar-refractivity contribution in [3.05, 3.63) is 24.8 Å². The van der Waals surface area contributed by atoms with Crippen LogP contribution in [0.15, 0.2) is 29.8 Å². The van der Waals surface area contributed by atoms with Crippen molar-refractivity contribution in [3.8, 4) is 0 Å². The topological polar surface area (TPSA) is 36.4 Å². The molecule has 0 aliphatic carbocycles. The van der Waals surface area contributed by atoms with Gasteiger partial charge in [0.15, 0.2) is 0 Å². The fourth-order valence-corrected chi connectivity index (χ4v) is 0.431. The van der Waals surface area contributed by atoms with E-state index in [1.54, 1.807) is 6.34 Å². The molecule has 3 nitrogen and oxygen atoms in total. The van der Waals surface area contributed by atoms with Crippen molar-refractivity contribution in [2.75, 3.05) is 0 Å². The summed E-state index contributed by atoms with van der Waals surface area (Å²) in [6.45, 7) is 7.14. The number of nitrogens with zero attached hydrogens (tertiary/aromatic N) is 1. The Morgan fingerprint density at radius 3 is 2.62 bits per heavy atom. The lowest BCUT2D eigenvalue weighted by molar-refractivity contribution is 0.859. The van der Waals surface area contributed by atoms with Crippen LogP contribution in [-0.2, 0) is 0 Å². The highest BCUT2D eigenvalue weighted by molar-refractivity contribution is 5.60. The predicted octanol–water partition coefficient (Wildman–Crippen LogP) is 0.150. The van der Waals surface area contributed by atoms with Crippen LogP contribution in [0.2, 0.25) is 0 Å². The van der Waals surface area contributed by atoms with Crippen LogP contribution in [0.3, 0.4) is 0 Å². The Kier molecular flexibility index (Phi) is 1.04. The standard InChI is InChI=1S/C5H7N3/c1-4-6-3-7-5(2)8-4/h3,8H,1-2H2,(H,6,7). The number of rotatable bonds is 0. The van der Waals surface area contributed by atoms with Crippen LogP contribution in [0.5, 0.6) is 0 Å². The van der Waals surface area contributed by atoms with E-state index in [-0.39, 0.29) is 0 Å². The molecule has 8 heavy (non-hydrogen) atoms. The zero-order valence-corrected chi connectivity index (χ0v) is 4.44. The van der Waals surface area contributed by atoms with Gasteiger partial charge in [-0.15, -0.1) is 0 Å². The third-order valence-electron chi connectivity index (χ3n) is 0.754. The van der Waals surface area contributed by atoms with E-state index in [0.717, 1.165) is 0 Å².